The van der Waals surface area contributed by atoms with E-state index in [9.17, 15) is 9.59 Å². The van der Waals surface area contributed by atoms with Gasteiger partial charge in [-0.3, -0.25) is 9.59 Å². The van der Waals surface area contributed by atoms with Crippen molar-refractivity contribution in [2.24, 2.45) is 0 Å². The quantitative estimate of drug-likeness (QED) is 0.890. The fraction of sp³-hybridized carbons (Fsp3) is 0.333. The minimum atomic E-state index is -0.109. The molecule has 0 spiro atoms. The average Bonchev–Trinajstić information content (AvgIpc) is 2.62. The molecule has 1 heterocycles. The summed E-state index contributed by atoms with van der Waals surface area (Å²) in [6.45, 7) is 4.79. The van der Waals surface area contributed by atoms with Crippen molar-refractivity contribution in [2.75, 3.05) is 16.8 Å². The van der Waals surface area contributed by atoms with Crippen LogP contribution in [0.25, 0.3) is 0 Å². The zero-order valence-electron chi connectivity index (χ0n) is 14.8. The zero-order valence-corrected chi connectivity index (χ0v) is 14.8. The van der Waals surface area contributed by atoms with E-state index in [1.807, 2.05) is 49.4 Å². The summed E-state index contributed by atoms with van der Waals surface area (Å²) in [5, 5.41) is 2.96. The summed E-state index contributed by atoms with van der Waals surface area (Å²) < 4.78 is 0. The Hall–Kier alpha value is -2.62. The van der Waals surface area contributed by atoms with Gasteiger partial charge in [0.2, 0.25) is 5.91 Å². The highest BCUT2D eigenvalue weighted by molar-refractivity contribution is 6.04. The largest absolute Gasteiger partial charge is 0.322 e. The molecule has 1 aliphatic heterocycles. The lowest BCUT2D eigenvalue weighted by atomic mass is 10.0. The van der Waals surface area contributed by atoms with Crippen LogP contribution < -0.4 is 10.2 Å². The van der Waals surface area contributed by atoms with Gasteiger partial charge in [0.15, 0.2) is 0 Å². The number of benzene rings is 2. The first-order valence-electron chi connectivity index (χ1n) is 8.96. The molecule has 0 bridgehead atoms. The Labute approximate surface area is 148 Å². The Morgan fingerprint density at radius 2 is 1.84 bits per heavy atom. The molecule has 2 aromatic carbocycles. The van der Waals surface area contributed by atoms with Gasteiger partial charge in [-0.1, -0.05) is 25.5 Å². The first kappa shape index (κ1) is 17.2. The number of carbonyl (C=O) groups is 2. The molecule has 1 N–H and O–H groups in total. The van der Waals surface area contributed by atoms with Gasteiger partial charge in [0, 0.05) is 29.9 Å². The molecule has 0 aromatic heterocycles. The summed E-state index contributed by atoms with van der Waals surface area (Å²) in [5.74, 6) is 0.0567. The van der Waals surface area contributed by atoms with Crippen LogP contribution >= 0.6 is 0 Å². The van der Waals surface area contributed by atoms with Gasteiger partial charge in [0.05, 0.1) is 0 Å². The minimum Gasteiger partial charge on any atom is -0.322 e. The predicted molar refractivity (Wildman–Crippen MR) is 101 cm³/mol. The van der Waals surface area contributed by atoms with E-state index in [0.717, 1.165) is 36.2 Å². The van der Waals surface area contributed by atoms with Crippen molar-refractivity contribution in [2.45, 2.75) is 39.5 Å². The normalized spacial score (nSPS) is 13.5. The number of fused-ring (bicyclic) bond motifs is 1. The molecule has 1 aliphatic rings. The van der Waals surface area contributed by atoms with Crippen molar-refractivity contribution in [1.82, 2.24) is 0 Å². The first-order chi connectivity index (χ1) is 12.1. The number of carbonyl (C=O) groups excluding carboxylic acids is 2. The molecule has 130 valence electrons. The summed E-state index contributed by atoms with van der Waals surface area (Å²) in [6, 6.07) is 13.5. The van der Waals surface area contributed by atoms with Crippen LogP contribution in [0.1, 0.15) is 48.2 Å². The number of rotatable bonds is 5. The maximum absolute atomic E-state index is 12.4. The highest BCUT2D eigenvalue weighted by atomic mass is 16.2. The maximum Gasteiger partial charge on any atom is 0.255 e. The van der Waals surface area contributed by atoms with Gasteiger partial charge < -0.3 is 10.2 Å². The number of nitrogens with zero attached hydrogens (tertiary/aromatic N) is 1. The van der Waals surface area contributed by atoms with Crippen molar-refractivity contribution < 1.29 is 9.59 Å². The van der Waals surface area contributed by atoms with Gasteiger partial charge in [-0.15, -0.1) is 0 Å². The lowest BCUT2D eigenvalue weighted by Gasteiger charge is -2.28. The Bertz CT molecular complexity index is 781. The number of nitrogens with one attached hydrogen (secondary N) is 1. The van der Waals surface area contributed by atoms with Crippen molar-refractivity contribution in [1.29, 1.82) is 0 Å². The van der Waals surface area contributed by atoms with E-state index in [1.165, 1.54) is 5.56 Å². The van der Waals surface area contributed by atoms with Gasteiger partial charge in [-0.05, 0) is 61.2 Å². The van der Waals surface area contributed by atoms with Gasteiger partial charge >= 0.3 is 0 Å². The van der Waals surface area contributed by atoms with E-state index < -0.39 is 0 Å². The summed E-state index contributed by atoms with van der Waals surface area (Å²) in [5.41, 5.74) is 4.74. The number of amides is 2. The molecule has 25 heavy (non-hydrogen) atoms. The molecule has 2 aromatic rings. The SMILES string of the molecule is CCCc1ccc(C(=O)Nc2ccc3c(c2)CCC(=O)N3CC)cc1. The third kappa shape index (κ3) is 3.73. The second-order valence-electron chi connectivity index (χ2n) is 6.38. The smallest absolute Gasteiger partial charge is 0.255 e. The fourth-order valence-corrected chi connectivity index (χ4v) is 3.30. The summed E-state index contributed by atoms with van der Waals surface area (Å²) in [6.07, 6.45) is 3.37. The third-order valence-corrected chi connectivity index (χ3v) is 4.61. The number of hydrogen-bond donors (Lipinski definition) is 1. The average molecular weight is 336 g/mol. The van der Waals surface area contributed by atoms with Crippen LogP contribution in [0, 0.1) is 0 Å². The van der Waals surface area contributed by atoms with E-state index in [2.05, 4.69) is 12.2 Å². The zero-order chi connectivity index (χ0) is 17.8. The second kappa shape index (κ2) is 7.51. The minimum absolute atomic E-state index is 0.109. The van der Waals surface area contributed by atoms with E-state index in [1.54, 1.807) is 4.90 Å². The third-order valence-electron chi connectivity index (χ3n) is 4.61. The van der Waals surface area contributed by atoms with Crippen molar-refractivity contribution in [3.05, 3.63) is 59.2 Å². The molecular weight excluding hydrogens is 312 g/mol. The molecule has 0 atom stereocenters. The lowest BCUT2D eigenvalue weighted by Crippen LogP contribution is -2.34. The van der Waals surface area contributed by atoms with Crippen LogP contribution in [-0.4, -0.2) is 18.4 Å². The number of hydrogen-bond acceptors (Lipinski definition) is 2. The van der Waals surface area contributed by atoms with Crippen molar-refractivity contribution in [3.63, 3.8) is 0 Å². The Morgan fingerprint density at radius 1 is 1.08 bits per heavy atom. The van der Waals surface area contributed by atoms with Crippen LogP contribution in [0.15, 0.2) is 42.5 Å². The summed E-state index contributed by atoms with van der Waals surface area (Å²) in [7, 11) is 0. The molecular formula is C21H24N2O2. The van der Waals surface area contributed by atoms with E-state index in [0.29, 0.717) is 18.5 Å². The van der Waals surface area contributed by atoms with Crippen LogP contribution in [0.5, 0.6) is 0 Å². The Balaban J connectivity index is 1.75. The monoisotopic (exact) mass is 336 g/mol. The molecule has 0 unspecified atom stereocenters. The van der Waals surface area contributed by atoms with E-state index in [4.69, 9.17) is 0 Å². The van der Waals surface area contributed by atoms with Gasteiger partial charge in [-0.25, -0.2) is 0 Å². The van der Waals surface area contributed by atoms with Gasteiger partial charge in [0.1, 0.15) is 0 Å². The Morgan fingerprint density at radius 3 is 2.52 bits per heavy atom. The highest BCUT2D eigenvalue weighted by Crippen LogP contribution is 2.30. The van der Waals surface area contributed by atoms with E-state index in [-0.39, 0.29) is 11.8 Å². The van der Waals surface area contributed by atoms with Crippen LogP contribution in [-0.2, 0) is 17.6 Å². The number of aryl methyl sites for hydroxylation is 2. The molecule has 0 fully saturated rings. The first-order valence-corrected chi connectivity index (χ1v) is 8.96. The number of anilines is 2. The van der Waals surface area contributed by atoms with Gasteiger partial charge in [-0.2, -0.15) is 0 Å². The van der Waals surface area contributed by atoms with Crippen LogP contribution in [0.4, 0.5) is 11.4 Å². The van der Waals surface area contributed by atoms with Crippen LogP contribution in [0.3, 0.4) is 0 Å². The summed E-state index contributed by atoms with van der Waals surface area (Å²) in [4.78, 5) is 26.2. The van der Waals surface area contributed by atoms with Gasteiger partial charge in [0.25, 0.3) is 5.91 Å². The van der Waals surface area contributed by atoms with Crippen LogP contribution in [0.2, 0.25) is 0 Å². The second-order valence-corrected chi connectivity index (χ2v) is 6.38. The topological polar surface area (TPSA) is 49.4 Å². The molecule has 2 amide bonds. The van der Waals surface area contributed by atoms with Crippen molar-refractivity contribution >= 4 is 23.2 Å². The lowest BCUT2D eigenvalue weighted by molar-refractivity contribution is -0.118. The molecule has 0 radical (unpaired) electrons. The fourth-order valence-electron chi connectivity index (χ4n) is 3.30. The Kier molecular flexibility index (Phi) is 5.17. The molecule has 4 nitrogen and oxygen atoms in total. The molecule has 0 saturated heterocycles. The predicted octanol–water partition coefficient (Wildman–Crippen LogP) is 4.19. The molecule has 3 rings (SSSR count). The molecule has 0 saturated carbocycles. The molecule has 0 aliphatic carbocycles. The maximum atomic E-state index is 12.4. The summed E-state index contributed by atoms with van der Waals surface area (Å²) >= 11 is 0. The van der Waals surface area contributed by atoms with Crippen molar-refractivity contribution in [3.8, 4) is 0 Å². The standard InChI is InChI=1S/C21H24N2O2/c1-3-5-15-6-8-16(9-7-15)21(25)22-18-11-12-19-17(14-18)10-13-20(24)23(19)4-2/h6-9,11-12,14H,3-5,10,13H2,1-2H3,(H,22,25). The highest BCUT2D eigenvalue weighted by Gasteiger charge is 2.23. The van der Waals surface area contributed by atoms with E-state index >= 15 is 0 Å². The molecule has 4 heteroatoms.